The molecule has 2 aliphatic heterocycles. The lowest BCUT2D eigenvalue weighted by Crippen LogP contribution is -2.38. The van der Waals surface area contributed by atoms with Gasteiger partial charge in [0.15, 0.2) is 0 Å². The van der Waals surface area contributed by atoms with Gasteiger partial charge in [-0.1, -0.05) is 0 Å². The molecule has 2 rings (SSSR count). The van der Waals surface area contributed by atoms with E-state index in [4.69, 9.17) is 9.47 Å². The lowest BCUT2D eigenvalue weighted by atomic mass is 10.1. The molecule has 0 radical (unpaired) electrons. The normalized spacial score (nSPS) is 26.0. The predicted molar refractivity (Wildman–Crippen MR) is 63.8 cm³/mol. The van der Waals surface area contributed by atoms with Crippen LogP contribution in [0.1, 0.15) is 25.7 Å². The van der Waals surface area contributed by atoms with Crippen molar-refractivity contribution >= 4 is 5.91 Å². The van der Waals surface area contributed by atoms with Crippen molar-refractivity contribution in [1.29, 1.82) is 0 Å². The molecule has 2 aliphatic rings. The Morgan fingerprint density at radius 1 is 1.35 bits per heavy atom. The van der Waals surface area contributed by atoms with E-state index >= 15 is 0 Å². The van der Waals surface area contributed by atoms with Crippen LogP contribution in [0, 0.1) is 0 Å². The maximum Gasteiger partial charge on any atom is 0.249 e. The molecule has 0 spiro atoms. The molecule has 2 N–H and O–H groups in total. The summed E-state index contributed by atoms with van der Waals surface area (Å²) < 4.78 is 11.0. The summed E-state index contributed by atoms with van der Waals surface area (Å²) in [4.78, 5) is 11.6. The van der Waals surface area contributed by atoms with Gasteiger partial charge in [0.1, 0.15) is 6.10 Å². The van der Waals surface area contributed by atoms with Gasteiger partial charge < -0.3 is 20.1 Å². The number of ether oxygens (including phenoxy) is 2. The van der Waals surface area contributed by atoms with Gasteiger partial charge in [-0.25, -0.2) is 0 Å². The first-order chi connectivity index (χ1) is 8.36. The number of nitrogens with one attached hydrogen (secondary N) is 2. The van der Waals surface area contributed by atoms with E-state index in [0.29, 0.717) is 25.9 Å². The average molecular weight is 242 g/mol. The molecule has 2 saturated heterocycles. The number of carbonyl (C=O) groups is 1. The van der Waals surface area contributed by atoms with Gasteiger partial charge in [0.25, 0.3) is 0 Å². The van der Waals surface area contributed by atoms with E-state index < -0.39 is 0 Å². The number of carbonyl (C=O) groups excluding carboxylic acids is 1. The summed E-state index contributed by atoms with van der Waals surface area (Å²) in [6.07, 6.45) is 4.11. The van der Waals surface area contributed by atoms with Crippen molar-refractivity contribution in [3.63, 3.8) is 0 Å². The van der Waals surface area contributed by atoms with Crippen LogP contribution in [0.15, 0.2) is 0 Å². The SMILES string of the molecule is O=C(NCCOC1CCNCC1)[C@H]1CCCO1. The zero-order valence-corrected chi connectivity index (χ0v) is 10.2. The van der Waals surface area contributed by atoms with Gasteiger partial charge in [0.2, 0.25) is 5.91 Å². The van der Waals surface area contributed by atoms with Gasteiger partial charge in [-0.15, -0.1) is 0 Å². The highest BCUT2D eigenvalue weighted by Gasteiger charge is 2.23. The van der Waals surface area contributed by atoms with Crippen LogP contribution < -0.4 is 10.6 Å². The summed E-state index contributed by atoms with van der Waals surface area (Å²) in [5.41, 5.74) is 0. The van der Waals surface area contributed by atoms with E-state index in [2.05, 4.69) is 10.6 Å². The molecule has 2 heterocycles. The Morgan fingerprint density at radius 2 is 2.18 bits per heavy atom. The second-order valence-corrected chi connectivity index (χ2v) is 4.61. The van der Waals surface area contributed by atoms with Crippen molar-refractivity contribution in [2.75, 3.05) is 32.8 Å². The van der Waals surface area contributed by atoms with Gasteiger partial charge in [-0.3, -0.25) is 4.79 Å². The third-order valence-electron chi connectivity index (χ3n) is 3.26. The summed E-state index contributed by atoms with van der Waals surface area (Å²) in [6.45, 7) is 3.97. The molecular formula is C12H22N2O3. The van der Waals surface area contributed by atoms with Gasteiger partial charge in [-0.05, 0) is 38.8 Å². The molecule has 5 heteroatoms. The zero-order chi connectivity index (χ0) is 11.9. The van der Waals surface area contributed by atoms with E-state index in [1.54, 1.807) is 0 Å². The molecule has 0 unspecified atom stereocenters. The minimum Gasteiger partial charge on any atom is -0.376 e. The first-order valence-corrected chi connectivity index (χ1v) is 6.58. The highest BCUT2D eigenvalue weighted by molar-refractivity contribution is 5.80. The summed E-state index contributed by atoms with van der Waals surface area (Å²) in [5, 5.41) is 6.15. The van der Waals surface area contributed by atoms with Gasteiger partial charge in [-0.2, -0.15) is 0 Å². The fraction of sp³-hybridized carbons (Fsp3) is 0.917. The Kier molecular flexibility index (Phi) is 5.22. The van der Waals surface area contributed by atoms with Crippen LogP contribution >= 0.6 is 0 Å². The fourth-order valence-corrected chi connectivity index (χ4v) is 2.26. The summed E-state index contributed by atoms with van der Waals surface area (Å²) in [5.74, 6) is 0.0106. The monoisotopic (exact) mass is 242 g/mol. The summed E-state index contributed by atoms with van der Waals surface area (Å²) in [7, 11) is 0. The van der Waals surface area contributed by atoms with Gasteiger partial charge in [0.05, 0.1) is 12.7 Å². The molecule has 98 valence electrons. The molecule has 17 heavy (non-hydrogen) atoms. The van der Waals surface area contributed by atoms with E-state index in [0.717, 1.165) is 38.8 Å². The Balaban J connectivity index is 1.51. The molecule has 1 atom stereocenters. The van der Waals surface area contributed by atoms with E-state index in [1.807, 2.05) is 0 Å². The second kappa shape index (κ2) is 6.93. The van der Waals surface area contributed by atoms with Crippen LogP contribution in [0.3, 0.4) is 0 Å². The van der Waals surface area contributed by atoms with Crippen LogP contribution in [0.5, 0.6) is 0 Å². The van der Waals surface area contributed by atoms with Crippen LogP contribution in [-0.2, 0) is 14.3 Å². The zero-order valence-electron chi connectivity index (χ0n) is 10.2. The molecule has 1 amide bonds. The molecule has 0 aromatic carbocycles. The molecule has 0 aliphatic carbocycles. The molecule has 0 aromatic rings. The number of rotatable bonds is 5. The number of hydrogen-bond donors (Lipinski definition) is 2. The first kappa shape index (κ1) is 12.8. The molecule has 0 aromatic heterocycles. The summed E-state index contributed by atoms with van der Waals surface area (Å²) >= 11 is 0. The molecule has 5 nitrogen and oxygen atoms in total. The average Bonchev–Trinajstić information content (AvgIpc) is 2.89. The lowest BCUT2D eigenvalue weighted by molar-refractivity contribution is -0.130. The van der Waals surface area contributed by atoms with Crippen molar-refractivity contribution in [2.45, 2.75) is 37.9 Å². The number of hydrogen-bond acceptors (Lipinski definition) is 4. The van der Waals surface area contributed by atoms with Crippen molar-refractivity contribution in [2.24, 2.45) is 0 Å². The molecule has 0 bridgehead atoms. The number of piperidine rings is 1. The van der Waals surface area contributed by atoms with Crippen molar-refractivity contribution in [3.8, 4) is 0 Å². The van der Waals surface area contributed by atoms with Crippen molar-refractivity contribution in [1.82, 2.24) is 10.6 Å². The van der Waals surface area contributed by atoms with Crippen LogP contribution in [0.4, 0.5) is 0 Å². The minimum atomic E-state index is -0.228. The van der Waals surface area contributed by atoms with E-state index in [1.165, 1.54) is 0 Å². The smallest absolute Gasteiger partial charge is 0.249 e. The second-order valence-electron chi connectivity index (χ2n) is 4.61. The molecule has 0 saturated carbocycles. The largest absolute Gasteiger partial charge is 0.376 e. The molecular weight excluding hydrogens is 220 g/mol. The highest BCUT2D eigenvalue weighted by Crippen LogP contribution is 2.11. The molecule has 2 fully saturated rings. The maximum atomic E-state index is 11.6. The van der Waals surface area contributed by atoms with Crippen molar-refractivity contribution in [3.05, 3.63) is 0 Å². The predicted octanol–water partition coefficient (Wildman–Crippen LogP) is 0.0502. The Hall–Kier alpha value is -0.650. The maximum absolute atomic E-state index is 11.6. The Bertz CT molecular complexity index is 236. The summed E-state index contributed by atoms with van der Waals surface area (Å²) in [6, 6.07) is 0. The fourth-order valence-electron chi connectivity index (χ4n) is 2.26. The van der Waals surface area contributed by atoms with Crippen LogP contribution in [0.2, 0.25) is 0 Å². The Morgan fingerprint density at radius 3 is 2.88 bits per heavy atom. The topological polar surface area (TPSA) is 59.6 Å². The van der Waals surface area contributed by atoms with Crippen LogP contribution in [0.25, 0.3) is 0 Å². The highest BCUT2D eigenvalue weighted by atomic mass is 16.5. The van der Waals surface area contributed by atoms with Gasteiger partial charge >= 0.3 is 0 Å². The Labute approximate surface area is 102 Å². The lowest BCUT2D eigenvalue weighted by Gasteiger charge is -2.23. The third-order valence-corrected chi connectivity index (χ3v) is 3.26. The van der Waals surface area contributed by atoms with E-state index in [9.17, 15) is 4.79 Å². The van der Waals surface area contributed by atoms with Gasteiger partial charge in [0, 0.05) is 13.2 Å². The minimum absolute atomic E-state index is 0.0106. The van der Waals surface area contributed by atoms with Crippen molar-refractivity contribution < 1.29 is 14.3 Å². The number of amides is 1. The third kappa shape index (κ3) is 4.26. The standard InChI is InChI=1S/C12H22N2O3/c15-12(11-2-1-8-17-11)14-7-9-16-10-3-5-13-6-4-10/h10-11,13H,1-9H2,(H,14,15)/t11-/m1/s1. The first-order valence-electron chi connectivity index (χ1n) is 6.58. The van der Waals surface area contributed by atoms with Crippen LogP contribution in [-0.4, -0.2) is 51.0 Å². The van der Waals surface area contributed by atoms with E-state index in [-0.39, 0.29) is 12.0 Å². The quantitative estimate of drug-likeness (QED) is 0.669.